The second-order valence-electron chi connectivity index (χ2n) is 9.46. The number of carbonyl (C=O) groups is 2. The smallest absolute Gasteiger partial charge is 0.550 e. The molecule has 4 nitrogen and oxygen atoms in total. The zero-order chi connectivity index (χ0) is 28.6. The van der Waals surface area contributed by atoms with Gasteiger partial charge in [-0.1, -0.05) is 162 Å². The average molecular weight is 638 g/mol. The number of aryl methyl sites for hydroxylation is 1. The van der Waals surface area contributed by atoms with Gasteiger partial charge in [0.2, 0.25) is 0 Å². The van der Waals surface area contributed by atoms with E-state index in [0.29, 0.717) is 0 Å². The Labute approximate surface area is 253 Å². The zero-order valence-electron chi connectivity index (χ0n) is 25.3. The first-order valence-corrected chi connectivity index (χ1v) is 14.9. The van der Waals surface area contributed by atoms with Gasteiger partial charge >= 0.3 is 23.9 Å². The van der Waals surface area contributed by atoms with Crippen molar-refractivity contribution in [2.24, 2.45) is 0 Å². The summed E-state index contributed by atoms with van der Waals surface area (Å²) in [7, 11) is 0. The molecule has 0 saturated heterocycles. The molecule has 0 N–H and O–H groups in total. The summed E-state index contributed by atoms with van der Waals surface area (Å²) in [5.74, 6) is -2.01. The predicted molar refractivity (Wildman–Crippen MR) is 162 cm³/mol. The summed E-state index contributed by atoms with van der Waals surface area (Å²) in [5, 5.41) is 20.6. The van der Waals surface area contributed by atoms with Crippen LogP contribution in [0.4, 0.5) is 0 Å². The molecule has 0 aromatic heterocycles. The number of unbranched alkanes of at least 4 members (excludes halogenated alkanes) is 13. The minimum atomic E-state index is -1.10. The third-order valence-electron chi connectivity index (χ3n) is 5.64. The van der Waals surface area contributed by atoms with Crippen molar-refractivity contribution in [1.29, 1.82) is 0 Å². The summed E-state index contributed by atoms with van der Waals surface area (Å²) in [6, 6.07) is 6.89. The van der Waals surface area contributed by atoms with Gasteiger partial charge in [0.05, 0.1) is 5.97 Å². The average Bonchev–Trinajstić information content (AvgIpc) is 2.90. The van der Waals surface area contributed by atoms with E-state index in [0.717, 1.165) is 44.1 Å². The Balaban J connectivity index is -0.000000238. The number of carboxylic acid groups (broad SMARTS) is 2. The molecule has 0 bridgehead atoms. The van der Waals surface area contributed by atoms with Gasteiger partial charge in [0.25, 0.3) is 0 Å². The van der Waals surface area contributed by atoms with Gasteiger partial charge in [0, 0.05) is 5.97 Å². The maximum atomic E-state index is 10.4. The second-order valence-corrected chi connectivity index (χ2v) is 9.46. The van der Waals surface area contributed by atoms with Crippen LogP contribution in [-0.2, 0) is 11.2 Å². The molecule has 0 aliphatic heterocycles. The number of hydrogen-bond donors (Lipinski definition) is 0. The van der Waals surface area contributed by atoms with E-state index in [4.69, 9.17) is 0 Å². The van der Waals surface area contributed by atoms with Crippen LogP contribution in [0.15, 0.2) is 24.3 Å². The van der Waals surface area contributed by atoms with Gasteiger partial charge in [-0.3, -0.25) is 0 Å². The Hall–Kier alpha value is -1.04. The second kappa shape index (κ2) is 38.1. The number of benzene rings is 1. The summed E-state index contributed by atoms with van der Waals surface area (Å²) in [6.07, 6.45) is 22.0. The van der Waals surface area contributed by atoms with Crippen LogP contribution in [0, 0.1) is 13.8 Å². The van der Waals surface area contributed by atoms with Crippen LogP contribution >= 0.6 is 0 Å². The molecule has 4 radical (unpaired) electrons. The maximum Gasteiger partial charge on any atom is 2.00 e. The van der Waals surface area contributed by atoms with Crippen LogP contribution in [-0.4, -0.2) is 35.8 Å². The van der Waals surface area contributed by atoms with Gasteiger partial charge in [-0.15, -0.1) is 0 Å². The molecule has 0 amide bonds. The van der Waals surface area contributed by atoms with Crippen LogP contribution in [0.2, 0.25) is 0 Å². The van der Waals surface area contributed by atoms with Gasteiger partial charge in [0.15, 0.2) is 0 Å². The van der Waals surface area contributed by atoms with Crippen molar-refractivity contribution in [3.05, 3.63) is 49.2 Å². The van der Waals surface area contributed by atoms with Gasteiger partial charge in [-0.25, -0.2) is 0 Å². The molecule has 0 spiro atoms. The molecule has 1 aromatic carbocycles. The van der Waals surface area contributed by atoms with Crippen molar-refractivity contribution < 1.29 is 19.8 Å². The zero-order valence-corrected chi connectivity index (χ0v) is 28.1. The minimum Gasteiger partial charge on any atom is -0.550 e. The molecule has 38 heavy (non-hydrogen) atoms. The van der Waals surface area contributed by atoms with Gasteiger partial charge in [-0.2, -0.15) is 0 Å². The quantitative estimate of drug-likeness (QED) is 0.122. The fraction of sp³-hybridized carbons (Fsp3) is 0.697. The Kier molecular flexibility index (Phi) is 44.1. The summed E-state index contributed by atoms with van der Waals surface area (Å²) in [5.41, 5.74) is 1.32. The predicted octanol–water partition coefficient (Wildman–Crippen LogP) is 7.69. The normalized spacial score (nSPS) is 9.42. The van der Waals surface area contributed by atoms with Crippen molar-refractivity contribution in [2.75, 3.05) is 0 Å². The van der Waals surface area contributed by atoms with E-state index in [1.807, 2.05) is 6.07 Å². The SMILES string of the molecule is CCCCCCCCCCCCCCC(=O)[O-].CCCc1cccc(C(=O)[O-])c1.[CH2]CCC.[CH2]CCC.[Sn+2]. The molecule has 218 valence electrons. The van der Waals surface area contributed by atoms with Crippen molar-refractivity contribution in [2.45, 2.75) is 150 Å². The minimum absolute atomic E-state index is 0. The van der Waals surface area contributed by atoms with E-state index in [1.54, 1.807) is 18.2 Å². The largest absolute Gasteiger partial charge is 2.00 e. The molecule has 0 unspecified atom stereocenters. The Bertz CT molecular complexity index is 596. The summed E-state index contributed by atoms with van der Waals surface area (Å²) in [4.78, 5) is 20.6. The van der Waals surface area contributed by atoms with Crippen LogP contribution in [0.1, 0.15) is 159 Å². The van der Waals surface area contributed by atoms with E-state index < -0.39 is 11.9 Å². The van der Waals surface area contributed by atoms with Crippen LogP contribution in [0.3, 0.4) is 0 Å². The van der Waals surface area contributed by atoms with E-state index >= 15 is 0 Å². The van der Waals surface area contributed by atoms with E-state index in [1.165, 1.54) is 77.0 Å². The first kappa shape index (κ1) is 44.0. The Morgan fingerprint density at radius 1 is 0.658 bits per heavy atom. The monoisotopic (exact) mass is 638 g/mol. The first-order chi connectivity index (χ1) is 17.8. The Morgan fingerprint density at radius 2 is 1.08 bits per heavy atom. The Morgan fingerprint density at radius 3 is 1.42 bits per heavy atom. The number of aromatic carboxylic acids is 1. The number of hydrogen-bond acceptors (Lipinski definition) is 4. The number of carboxylic acids is 2. The number of rotatable bonds is 18. The van der Waals surface area contributed by atoms with E-state index in [2.05, 4.69) is 41.5 Å². The summed E-state index contributed by atoms with van der Waals surface area (Å²) >= 11 is 0. The van der Waals surface area contributed by atoms with Gasteiger partial charge in [0.1, 0.15) is 0 Å². The fourth-order valence-corrected chi connectivity index (χ4v) is 3.25. The number of aliphatic carboxylic acids is 1. The molecule has 0 fully saturated rings. The summed E-state index contributed by atoms with van der Waals surface area (Å²) in [6.45, 7) is 15.8. The first-order valence-electron chi connectivity index (χ1n) is 14.9. The molecular weight excluding hydrogens is 579 g/mol. The third kappa shape index (κ3) is 39.5. The molecule has 0 aliphatic carbocycles. The van der Waals surface area contributed by atoms with Crippen molar-refractivity contribution in [3.63, 3.8) is 0 Å². The summed E-state index contributed by atoms with van der Waals surface area (Å²) < 4.78 is 0. The van der Waals surface area contributed by atoms with E-state index in [-0.39, 0.29) is 35.9 Å². The molecule has 1 rings (SSSR count). The van der Waals surface area contributed by atoms with Crippen molar-refractivity contribution in [1.82, 2.24) is 0 Å². The molecule has 0 saturated carbocycles. The van der Waals surface area contributed by atoms with Gasteiger partial charge < -0.3 is 19.8 Å². The molecule has 0 aliphatic rings. The van der Waals surface area contributed by atoms with Crippen LogP contribution in [0.5, 0.6) is 0 Å². The van der Waals surface area contributed by atoms with E-state index in [9.17, 15) is 19.8 Å². The van der Waals surface area contributed by atoms with Gasteiger partial charge in [-0.05, 0) is 36.5 Å². The van der Waals surface area contributed by atoms with Crippen LogP contribution in [0.25, 0.3) is 0 Å². The molecule has 1 aromatic rings. The molecular formula is C33H58O4Sn. The number of carbonyl (C=O) groups excluding carboxylic acids is 2. The van der Waals surface area contributed by atoms with Crippen LogP contribution < -0.4 is 10.2 Å². The third-order valence-corrected chi connectivity index (χ3v) is 5.64. The van der Waals surface area contributed by atoms with Crippen molar-refractivity contribution >= 4 is 35.8 Å². The standard InChI is InChI=1S/C15H30O2.C10H12O2.2C4H9.Sn/c1-2-3-4-5-6-7-8-9-10-11-12-13-14-15(16)17;1-2-4-8-5-3-6-9(7-8)10(11)12;2*1-3-4-2;/h2-14H2,1H3,(H,16,17);3,5-7H,2,4H2,1H3,(H,11,12);2*1,3-4H2,2H3;/q;;;;+2/p-2. The van der Waals surface area contributed by atoms with Crippen molar-refractivity contribution in [3.8, 4) is 0 Å². The molecule has 0 atom stereocenters. The fourth-order valence-electron chi connectivity index (χ4n) is 3.25. The molecule has 5 heteroatoms. The molecule has 0 heterocycles. The topological polar surface area (TPSA) is 80.3 Å². The maximum absolute atomic E-state index is 10.4.